The molecule has 3 N–H and O–H groups in total. The summed E-state index contributed by atoms with van der Waals surface area (Å²) in [5.41, 5.74) is 10.8. The summed E-state index contributed by atoms with van der Waals surface area (Å²) < 4.78 is 0. The minimum Gasteiger partial charge on any atom is -0.374 e. The zero-order chi connectivity index (χ0) is 22.4. The van der Waals surface area contributed by atoms with Crippen LogP contribution < -0.4 is 16.0 Å². The average Bonchev–Trinajstić information content (AvgIpc) is 2.76. The molecule has 1 aromatic rings. The number of nitrogens with one attached hydrogen (secondary N) is 1. The van der Waals surface area contributed by atoms with Crippen molar-refractivity contribution in [2.24, 2.45) is 17.1 Å². The van der Waals surface area contributed by atoms with Crippen LogP contribution in [0.15, 0.2) is 24.3 Å². The lowest BCUT2D eigenvalue weighted by Gasteiger charge is -2.39. The molecule has 0 aromatic heterocycles. The van der Waals surface area contributed by atoms with Crippen molar-refractivity contribution in [1.82, 2.24) is 4.90 Å². The second-order valence-corrected chi connectivity index (χ2v) is 10.3. The molecule has 1 fully saturated rings. The first kappa shape index (κ1) is 26.5. The maximum atomic E-state index is 11.4. The minimum absolute atomic E-state index is 0. The van der Waals surface area contributed by atoms with E-state index in [0.717, 1.165) is 50.6 Å². The third kappa shape index (κ3) is 6.89. The summed E-state index contributed by atoms with van der Waals surface area (Å²) in [5.74, 6) is 0.406. The van der Waals surface area contributed by atoms with Crippen molar-refractivity contribution < 1.29 is 4.79 Å². The molecule has 1 saturated heterocycles. The van der Waals surface area contributed by atoms with E-state index < -0.39 is 0 Å². The second-order valence-electron chi connectivity index (χ2n) is 10.3. The van der Waals surface area contributed by atoms with Gasteiger partial charge in [-0.1, -0.05) is 52.3 Å². The van der Waals surface area contributed by atoms with Crippen LogP contribution in [0.2, 0.25) is 0 Å². The van der Waals surface area contributed by atoms with Crippen molar-refractivity contribution in [3.05, 3.63) is 29.8 Å². The van der Waals surface area contributed by atoms with Crippen LogP contribution in [-0.2, 0) is 4.79 Å². The van der Waals surface area contributed by atoms with Crippen LogP contribution in [0.1, 0.15) is 65.4 Å². The molecule has 32 heavy (non-hydrogen) atoms. The predicted octanol–water partition coefficient (Wildman–Crippen LogP) is 5.16. The summed E-state index contributed by atoms with van der Waals surface area (Å²) in [6.45, 7) is 14.9. The van der Waals surface area contributed by atoms with Gasteiger partial charge in [-0.25, -0.2) is 0 Å². The van der Waals surface area contributed by atoms with E-state index in [0.29, 0.717) is 5.41 Å². The maximum Gasteiger partial charge on any atom is 0.236 e. The van der Waals surface area contributed by atoms with Gasteiger partial charge in [-0.3, -0.25) is 9.69 Å². The summed E-state index contributed by atoms with van der Waals surface area (Å²) in [5, 5.41) is 3.31. The zero-order valence-corrected chi connectivity index (χ0v) is 21.3. The van der Waals surface area contributed by atoms with Gasteiger partial charge >= 0.3 is 0 Å². The summed E-state index contributed by atoms with van der Waals surface area (Å²) in [6.07, 6.45) is 8.47. The number of nitrogens with zero attached hydrogens (tertiary/aromatic N) is 2. The monoisotopic (exact) mass is 462 g/mol. The Morgan fingerprint density at radius 1 is 1.19 bits per heavy atom. The molecule has 0 radical (unpaired) electrons. The lowest BCUT2D eigenvalue weighted by atomic mass is 9.72. The number of halogens is 1. The van der Waals surface area contributed by atoms with Crippen molar-refractivity contribution in [2.45, 2.75) is 59.8 Å². The second kappa shape index (κ2) is 11.9. The van der Waals surface area contributed by atoms with Gasteiger partial charge in [-0.05, 0) is 55.2 Å². The predicted molar refractivity (Wildman–Crippen MR) is 140 cm³/mol. The van der Waals surface area contributed by atoms with Gasteiger partial charge in [-0.15, -0.1) is 12.4 Å². The normalized spacial score (nSPS) is 19.8. The number of amides is 1. The van der Waals surface area contributed by atoms with E-state index in [1.807, 2.05) is 0 Å². The van der Waals surface area contributed by atoms with E-state index >= 15 is 0 Å². The van der Waals surface area contributed by atoms with Crippen LogP contribution in [-0.4, -0.2) is 50.1 Å². The summed E-state index contributed by atoms with van der Waals surface area (Å²) >= 11 is 0. The van der Waals surface area contributed by atoms with Gasteiger partial charge in [-0.2, -0.15) is 0 Å². The molecule has 1 aromatic carbocycles. The van der Waals surface area contributed by atoms with E-state index in [-0.39, 0.29) is 24.9 Å². The summed E-state index contributed by atoms with van der Waals surface area (Å²) in [6, 6.07) is 6.46. The Bertz CT molecular complexity index is 779. The molecular formula is C26H43ClN4O. The number of rotatable bonds is 8. The van der Waals surface area contributed by atoms with Crippen LogP contribution in [0.25, 0.3) is 5.57 Å². The SMILES string of the molecule is CCCCN1CCN(c2c(NCC(N)=O)cccc2C2=CCC(C(C)(C)C)CC2)CC1.Cl. The van der Waals surface area contributed by atoms with E-state index in [9.17, 15) is 4.79 Å². The van der Waals surface area contributed by atoms with Crippen molar-refractivity contribution >= 4 is 35.3 Å². The average molecular weight is 463 g/mol. The number of benzene rings is 1. The Kier molecular flexibility index (Phi) is 9.90. The number of para-hydroxylation sites is 1. The first-order chi connectivity index (χ1) is 14.8. The molecule has 180 valence electrons. The van der Waals surface area contributed by atoms with Gasteiger partial charge < -0.3 is 16.0 Å². The molecule has 0 spiro atoms. The number of carbonyl (C=O) groups is 1. The maximum absolute atomic E-state index is 11.4. The molecule has 5 nitrogen and oxygen atoms in total. The number of unbranched alkanes of at least 4 members (excludes halogenated alkanes) is 1. The standard InChI is InChI=1S/C26H42N4O.ClH/c1-5-6-14-29-15-17-30(18-16-29)25-22(8-7-9-23(25)28-19-24(27)31)20-10-12-21(13-11-20)26(2,3)4;/h7-10,21,28H,5-6,11-19H2,1-4H3,(H2,27,31);1H. The fourth-order valence-electron chi connectivity index (χ4n) is 4.91. The van der Waals surface area contributed by atoms with Crippen LogP contribution in [0, 0.1) is 11.3 Å². The van der Waals surface area contributed by atoms with Crippen molar-refractivity contribution in [2.75, 3.05) is 49.5 Å². The number of anilines is 2. The molecule has 1 unspecified atom stereocenters. The molecule has 0 saturated carbocycles. The minimum atomic E-state index is -0.328. The van der Waals surface area contributed by atoms with Gasteiger partial charge in [0.25, 0.3) is 0 Å². The number of hydrogen-bond donors (Lipinski definition) is 2. The number of hydrogen-bond acceptors (Lipinski definition) is 4. The Hall–Kier alpha value is -1.72. The Morgan fingerprint density at radius 2 is 1.91 bits per heavy atom. The Balaban J connectivity index is 0.00000363. The van der Waals surface area contributed by atoms with Crippen molar-refractivity contribution in [1.29, 1.82) is 0 Å². The first-order valence-corrected chi connectivity index (χ1v) is 12.1. The number of carbonyl (C=O) groups excluding carboxylic acids is 1. The topological polar surface area (TPSA) is 61.6 Å². The van der Waals surface area contributed by atoms with Gasteiger partial charge in [0.15, 0.2) is 0 Å². The quantitative estimate of drug-likeness (QED) is 0.560. The largest absolute Gasteiger partial charge is 0.374 e. The van der Waals surface area contributed by atoms with E-state index in [2.05, 4.69) is 67.1 Å². The highest BCUT2D eigenvalue weighted by Crippen LogP contribution is 2.43. The fourth-order valence-corrected chi connectivity index (χ4v) is 4.91. The highest BCUT2D eigenvalue weighted by molar-refractivity contribution is 5.88. The van der Waals surface area contributed by atoms with Crippen LogP contribution in [0.4, 0.5) is 11.4 Å². The van der Waals surface area contributed by atoms with Crippen molar-refractivity contribution in [3.8, 4) is 0 Å². The molecule has 3 rings (SSSR count). The number of nitrogens with two attached hydrogens (primary N) is 1. The zero-order valence-electron chi connectivity index (χ0n) is 20.5. The first-order valence-electron chi connectivity index (χ1n) is 12.1. The lowest BCUT2D eigenvalue weighted by molar-refractivity contribution is -0.116. The summed E-state index contributed by atoms with van der Waals surface area (Å²) in [4.78, 5) is 16.5. The number of primary amides is 1. The highest BCUT2D eigenvalue weighted by atomic mass is 35.5. The molecule has 1 heterocycles. The van der Waals surface area contributed by atoms with Crippen LogP contribution in [0.5, 0.6) is 0 Å². The number of piperazine rings is 1. The molecule has 1 aliphatic carbocycles. The molecule has 6 heteroatoms. The van der Waals surface area contributed by atoms with Gasteiger partial charge in [0.2, 0.25) is 5.91 Å². The van der Waals surface area contributed by atoms with E-state index in [1.165, 1.54) is 42.6 Å². The lowest BCUT2D eigenvalue weighted by Crippen LogP contribution is -2.47. The van der Waals surface area contributed by atoms with E-state index in [4.69, 9.17) is 5.73 Å². The molecule has 1 amide bonds. The molecule has 1 atom stereocenters. The van der Waals surface area contributed by atoms with Gasteiger partial charge in [0.05, 0.1) is 17.9 Å². The molecular weight excluding hydrogens is 420 g/mol. The van der Waals surface area contributed by atoms with Crippen molar-refractivity contribution in [3.63, 3.8) is 0 Å². The van der Waals surface area contributed by atoms with Gasteiger partial charge in [0.1, 0.15) is 0 Å². The van der Waals surface area contributed by atoms with E-state index in [1.54, 1.807) is 0 Å². The molecule has 0 bridgehead atoms. The van der Waals surface area contributed by atoms with Crippen LogP contribution in [0.3, 0.4) is 0 Å². The summed E-state index contributed by atoms with van der Waals surface area (Å²) in [7, 11) is 0. The molecule has 2 aliphatic rings. The van der Waals surface area contributed by atoms with Gasteiger partial charge in [0, 0.05) is 31.7 Å². The highest BCUT2D eigenvalue weighted by Gasteiger charge is 2.28. The Morgan fingerprint density at radius 3 is 2.47 bits per heavy atom. The molecule has 1 aliphatic heterocycles. The number of allylic oxidation sites excluding steroid dienone is 2. The third-order valence-corrected chi connectivity index (χ3v) is 6.99. The smallest absolute Gasteiger partial charge is 0.236 e. The Labute approximate surface area is 201 Å². The fraction of sp³-hybridized carbons (Fsp3) is 0.654. The van der Waals surface area contributed by atoms with Crippen LogP contribution >= 0.6 is 12.4 Å². The third-order valence-electron chi connectivity index (χ3n) is 6.99.